The Hall–Kier alpha value is -2.41. The fourth-order valence-corrected chi connectivity index (χ4v) is 2.88. The molecule has 1 aliphatic carbocycles. The maximum Gasteiger partial charge on any atom is 0.254 e. The van der Waals surface area contributed by atoms with Crippen molar-refractivity contribution in [3.05, 3.63) is 41.3 Å². The van der Waals surface area contributed by atoms with E-state index in [0.717, 1.165) is 25.7 Å². The highest BCUT2D eigenvalue weighted by molar-refractivity contribution is 6.29. The number of hydrogen-bond donors (Lipinski definition) is 2. The van der Waals surface area contributed by atoms with Crippen LogP contribution >= 0.6 is 11.6 Å². The standard InChI is InChI=1S/C16H18ClN5O2/c17-13-7-9-20-16(22-13)21-10-3-5-11(6-4-10)24-15-12(14(18)23)2-1-8-19-15/h1-2,7-11H,3-6H2,(H2,18,23)(H,20,21,22). The minimum atomic E-state index is -0.536. The van der Waals surface area contributed by atoms with Crippen molar-refractivity contribution in [1.29, 1.82) is 0 Å². The van der Waals surface area contributed by atoms with E-state index < -0.39 is 5.91 Å². The number of carbonyl (C=O) groups excluding carboxylic acids is 1. The summed E-state index contributed by atoms with van der Waals surface area (Å²) in [4.78, 5) is 23.8. The van der Waals surface area contributed by atoms with Crippen LogP contribution in [0, 0.1) is 0 Å². The first-order chi connectivity index (χ1) is 11.6. The highest BCUT2D eigenvalue weighted by Crippen LogP contribution is 2.26. The molecular weight excluding hydrogens is 330 g/mol. The molecule has 0 spiro atoms. The number of rotatable bonds is 5. The van der Waals surface area contributed by atoms with E-state index in [-0.39, 0.29) is 12.1 Å². The number of nitrogens with zero attached hydrogens (tertiary/aromatic N) is 3. The summed E-state index contributed by atoms with van der Waals surface area (Å²) in [5.74, 6) is 0.304. The minimum absolute atomic E-state index is 0.0105. The Labute approximate surface area is 144 Å². The third kappa shape index (κ3) is 4.11. The van der Waals surface area contributed by atoms with Crippen LogP contribution in [0.15, 0.2) is 30.6 Å². The van der Waals surface area contributed by atoms with Crippen molar-refractivity contribution in [3.63, 3.8) is 0 Å². The highest BCUT2D eigenvalue weighted by Gasteiger charge is 2.24. The van der Waals surface area contributed by atoms with Gasteiger partial charge in [0, 0.05) is 18.4 Å². The number of nitrogens with two attached hydrogens (primary N) is 1. The van der Waals surface area contributed by atoms with Crippen molar-refractivity contribution in [3.8, 4) is 5.88 Å². The van der Waals surface area contributed by atoms with E-state index in [0.29, 0.717) is 22.5 Å². The van der Waals surface area contributed by atoms with Gasteiger partial charge in [0.15, 0.2) is 0 Å². The normalized spacial score (nSPS) is 20.4. The quantitative estimate of drug-likeness (QED) is 0.805. The predicted molar refractivity (Wildman–Crippen MR) is 90.1 cm³/mol. The van der Waals surface area contributed by atoms with Gasteiger partial charge in [-0.3, -0.25) is 4.79 Å². The zero-order chi connectivity index (χ0) is 16.9. The lowest BCUT2D eigenvalue weighted by Crippen LogP contribution is -2.32. The first-order valence-corrected chi connectivity index (χ1v) is 8.16. The Morgan fingerprint density at radius 2 is 2.00 bits per heavy atom. The van der Waals surface area contributed by atoms with Gasteiger partial charge in [0.25, 0.3) is 5.91 Å². The lowest BCUT2D eigenvalue weighted by molar-refractivity contribution is 0.0983. The smallest absolute Gasteiger partial charge is 0.254 e. The zero-order valence-corrected chi connectivity index (χ0v) is 13.7. The molecule has 1 saturated carbocycles. The van der Waals surface area contributed by atoms with Crippen molar-refractivity contribution in [2.45, 2.75) is 37.8 Å². The van der Waals surface area contributed by atoms with Crippen molar-refractivity contribution < 1.29 is 9.53 Å². The van der Waals surface area contributed by atoms with Gasteiger partial charge >= 0.3 is 0 Å². The summed E-state index contributed by atoms with van der Waals surface area (Å²) in [6.45, 7) is 0. The molecular formula is C16H18ClN5O2. The van der Waals surface area contributed by atoms with Crippen LogP contribution in [0.25, 0.3) is 0 Å². The van der Waals surface area contributed by atoms with Crippen LogP contribution in [-0.4, -0.2) is 33.0 Å². The Kier molecular flexibility index (Phi) is 5.10. The SMILES string of the molecule is NC(=O)c1cccnc1OC1CCC(Nc2nccc(Cl)n2)CC1. The fraction of sp³-hybridized carbons (Fsp3) is 0.375. The topological polar surface area (TPSA) is 103 Å². The van der Waals surface area contributed by atoms with Crippen molar-refractivity contribution in [1.82, 2.24) is 15.0 Å². The first-order valence-electron chi connectivity index (χ1n) is 7.78. The van der Waals surface area contributed by atoms with Gasteiger partial charge in [-0.05, 0) is 43.9 Å². The van der Waals surface area contributed by atoms with E-state index in [1.54, 1.807) is 30.6 Å². The average Bonchev–Trinajstić information content (AvgIpc) is 2.57. The van der Waals surface area contributed by atoms with Gasteiger partial charge in [0.05, 0.1) is 0 Å². The average molecular weight is 348 g/mol. The van der Waals surface area contributed by atoms with Gasteiger partial charge in [0.2, 0.25) is 11.8 Å². The largest absolute Gasteiger partial charge is 0.474 e. The molecule has 0 bridgehead atoms. The first kappa shape index (κ1) is 16.4. The van der Waals surface area contributed by atoms with Crippen LogP contribution < -0.4 is 15.8 Å². The van der Waals surface area contributed by atoms with E-state index in [1.165, 1.54) is 0 Å². The summed E-state index contributed by atoms with van der Waals surface area (Å²) in [6.07, 6.45) is 6.71. The number of hydrogen-bond acceptors (Lipinski definition) is 6. The summed E-state index contributed by atoms with van der Waals surface area (Å²) in [6, 6.07) is 5.19. The zero-order valence-electron chi connectivity index (χ0n) is 13.0. The molecule has 0 aromatic carbocycles. The second kappa shape index (κ2) is 7.44. The Balaban J connectivity index is 1.55. The number of amides is 1. The lowest BCUT2D eigenvalue weighted by atomic mass is 9.93. The molecule has 2 aromatic heterocycles. The molecule has 8 heteroatoms. The summed E-state index contributed by atoms with van der Waals surface area (Å²) in [5.41, 5.74) is 5.66. The number of pyridine rings is 1. The molecule has 1 fully saturated rings. The molecule has 0 unspecified atom stereocenters. The highest BCUT2D eigenvalue weighted by atomic mass is 35.5. The van der Waals surface area contributed by atoms with Gasteiger partial charge in [-0.25, -0.2) is 15.0 Å². The molecule has 0 radical (unpaired) electrons. The number of nitrogens with one attached hydrogen (secondary N) is 1. The molecule has 2 aromatic rings. The second-order valence-electron chi connectivity index (χ2n) is 5.66. The van der Waals surface area contributed by atoms with Gasteiger partial charge in [0.1, 0.15) is 16.8 Å². The number of aromatic nitrogens is 3. The van der Waals surface area contributed by atoms with Crippen LogP contribution in [0.1, 0.15) is 36.0 Å². The summed E-state index contributed by atoms with van der Waals surface area (Å²) >= 11 is 5.86. The molecule has 7 nitrogen and oxygen atoms in total. The van der Waals surface area contributed by atoms with E-state index in [1.807, 2.05) is 0 Å². The summed E-state index contributed by atoms with van der Waals surface area (Å²) < 4.78 is 5.87. The number of anilines is 1. The van der Waals surface area contributed by atoms with E-state index in [4.69, 9.17) is 22.1 Å². The van der Waals surface area contributed by atoms with Crippen molar-refractivity contribution in [2.24, 2.45) is 5.73 Å². The van der Waals surface area contributed by atoms with Crippen LogP contribution in [-0.2, 0) is 0 Å². The maximum atomic E-state index is 11.4. The second-order valence-corrected chi connectivity index (χ2v) is 6.05. The molecule has 3 rings (SSSR count). The van der Waals surface area contributed by atoms with Crippen molar-refractivity contribution >= 4 is 23.5 Å². The number of primary amides is 1. The Morgan fingerprint density at radius 3 is 2.71 bits per heavy atom. The number of ether oxygens (including phenoxy) is 1. The molecule has 3 N–H and O–H groups in total. The molecule has 0 atom stereocenters. The molecule has 126 valence electrons. The van der Waals surface area contributed by atoms with Crippen LogP contribution in [0.3, 0.4) is 0 Å². The van der Waals surface area contributed by atoms with E-state index >= 15 is 0 Å². The summed E-state index contributed by atoms with van der Waals surface area (Å²) in [7, 11) is 0. The van der Waals surface area contributed by atoms with Gasteiger partial charge in [-0.15, -0.1) is 0 Å². The molecule has 1 aliphatic rings. The van der Waals surface area contributed by atoms with Gasteiger partial charge < -0.3 is 15.8 Å². The molecule has 1 amide bonds. The fourth-order valence-electron chi connectivity index (χ4n) is 2.74. The van der Waals surface area contributed by atoms with Crippen molar-refractivity contribution in [2.75, 3.05) is 5.32 Å². The number of halogens is 1. The third-order valence-corrected chi connectivity index (χ3v) is 4.15. The summed E-state index contributed by atoms with van der Waals surface area (Å²) in [5, 5.41) is 3.70. The molecule has 24 heavy (non-hydrogen) atoms. The molecule has 0 saturated heterocycles. The lowest BCUT2D eigenvalue weighted by Gasteiger charge is -2.29. The van der Waals surface area contributed by atoms with Gasteiger partial charge in [-0.2, -0.15) is 0 Å². The van der Waals surface area contributed by atoms with Crippen LogP contribution in [0.5, 0.6) is 5.88 Å². The maximum absolute atomic E-state index is 11.4. The minimum Gasteiger partial charge on any atom is -0.474 e. The third-order valence-electron chi connectivity index (χ3n) is 3.94. The molecule has 0 aliphatic heterocycles. The number of carbonyl (C=O) groups is 1. The van der Waals surface area contributed by atoms with Crippen LogP contribution in [0.4, 0.5) is 5.95 Å². The molecule has 2 heterocycles. The Bertz CT molecular complexity index is 719. The predicted octanol–water partition coefficient (Wildman–Crippen LogP) is 2.43. The Morgan fingerprint density at radius 1 is 1.21 bits per heavy atom. The van der Waals surface area contributed by atoms with Gasteiger partial charge in [-0.1, -0.05) is 11.6 Å². The van der Waals surface area contributed by atoms with Crippen LogP contribution in [0.2, 0.25) is 5.15 Å². The van der Waals surface area contributed by atoms with E-state index in [2.05, 4.69) is 20.3 Å². The monoisotopic (exact) mass is 347 g/mol. The van der Waals surface area contributed by atoms with E-state index in [9.17, 15) is 4.79 Å².